The molecule has 0 heterocycles. The molecule has 1 aliphatic rings. The Hall–Kier alpha value is -2.09. The van der Waals surface area contributed by atoms with Crippen molar-refractivity contribution in [2.75, 3.05) is 0 Å². The molecule has 1 atom stereocenters. The molecule has 2 aromatic carbocycles. The molecule has 2 nitrogen and oxygen atoms in total. The highest BCUT2D eigenvalue weighted by Crippen LogP contribution is 2.26. The fourth-order valence-electron chi connectivity index (χ4n) is 3.87. The zero-order valence-corrected chi connectivity index (χ0v) is 16.4. The van der Waals surface area contributed by atoms with Crippen LogP contribution in [0.5, 0.6) is 0 Å². The Morgan fingerprint density at radius 2 is 1.77 bits per heavy atom. The molecule has 0 aliphatic heterocycles. The number of benzene rings is 2. The molecule has 1 N–H and O–H groups in total. The van der Waals surface area contributed by atoms with E-state index in [0.29, 0.717) is 6.42 Å². The molecule has 1 aliphatic carbocycles. The molecular weight excluding hydrogens is 318 g/mol. The summed E-state index contributed by atoms with van der Waals surface area (Å²) >= 11 is 0. The maximum Gasteiger partial charge on any atom is 0.220 e. The SMILES string of the molecule is CCC(NC(=O)CCc1ccc(C)c(C)c1)c1ccc2c(c1)CCCC2. The van der Waals surface area contributed by atoms with Crippen LogP contribution in [0.15, 0.2) is 36.4 Å². The van der Waals surface area contributed by atoms with E-state index in [0.717, 1.165) is 12.8 Å². The van der Waals surface area contributed by atoms with Gasteiger partial charge < -0.3 is 5.32 Å². The second-order valence-corrected chi connectivity index (χ2v) is 7.68. The number of amides is 1. The molecule has 2 aromatic rings. The third kappa shape index (κ3) is 4.55. The van der Waals surface area contributed by atoms with E-state index in [1.807, 2.05) is 0 Å². The van der Waals surface area contributed by atoms with Crippen LogP contribution >= 0.6 is 0 Å². The lowest BCUT2D eigenvalue weighted by atomic mass is 9.88. The smallest absolute Gasteiger partial charge is 0.220 e. The van der Waals surface area contributed by atoms with E-state index in [-0.39, 0.29) is 11.9 Å². The van der Waals surface area contributed by atoms with Gasteiger partial charge in [-0.15, -0.1) is 0 Å². The number of aryl methyl sites for hydroxylation is 5. The van der Waals surface area contributed by atoms with Crippen LogP contribution in [-0.2, 0) is 24.1 Å². The number of carbonyl (C=O) groups is 1. The molecular formula is C24H31NO. The molecule has 0 radical (unpaired) electrons. The minimum Gasteiger partial charge on any atom is -0.349 e. The summed E-state index contributed by atoms with van der Waals surface area (Å²) in [6, 6.07) is 13.4. The first-order valence-corrected chi connectivity index (χ1v) is 10.0. The van der Waals surface area contributed by atoms with Crippen LogP contribution in [0, 0.1) is 13.8 Å². The average Bonchev–Trinajstić information content (AvgIpc) is 2.66. The first-order valence-electron chi connectivity index (χ1n) is 10.0. The maximum atomic E-state index is 12.5. The van der Waals surface area contributed by atoms with E-state index >= 15 is 0 Å². The van der Waals surface area contributed by atoms with E-state index in [4.69, 9.17) is 0 Å². The average molecular weight is 350 g/mol. The lowest BCUT2D eigenvalue weighted by molar-refractivity contribution is -0.121. The van der Waals surface area contributed by atoms with Gasteiger partial charge in [0.2, 0.25) is 5.91 Å². The molecule has 0 bridgehead atoms. The standard InChI is InChI=1S/C24H31NO/c1-4-23(22-13-12-20-7-5-6-8-21(20)16-22)25-24(26)14-11-19-10-9-17(2)18(3)15-19/h9-10,12-13,15-16,23H,4-8,11,14H2,1-3H3,(H,25,26). The molecule has 0 fully saturated rings. The minimum atomic E-state index is 0.120. The fraction of sp³-hybridized carbons (Fsp3) is 0.458. The minimum absolute atomic E-state index is 0.120. The predicted molar refractivity (Wildman–Crippen MR) is 108 cm³/mol. The molecule has 138 valence electrons. The van der Waals surface area contributed by atoms with Gasteiger partial charge in [-0.1, -0.05) is 43.3 Å². The normalized spacial score (nSPS) is 14.6. The van der Waals surface area contributed by atoms with Crippen molar-refractivity contribution in [1.82, 2.24) is 5.32 Å². The summed E-state index contributed by atoms with van der Waals surface area (Å²) in [7, 11) is 0. The van der Waals surface area contributed by atoms with Gasteiger partial charge in [0.25, 0.3) is 0 Å². The number of rotatable bonds is 6. The molecule has 1 amide bonds. The van der Waals surface area contributed by atoms with Gasteiger partial charge in [0.05, 0.1) is 6.04 Å². The highest BCUT2D eigenvalue weighted by molar-refractivity contribution is 5.76. The van der Waals surface area contributed by atoms with Gasteiger partial charge in [0.15, 0.2) is 0 Å². The Balaban J connectivity index is 1.60. The number of carbonyl (C=O) groups excluding carboxylic acids is 1. The summed E-state index contributed by atoms with van der Waals surface area (Å²) < 4.78 is 0. The summed E-state index contributed by atoms with van der Waals surface area (Å²) in [6.07, 6.45) is 7.25. The largest absolute Gasteiger partial charge is 0.349 e. The number of fused-ring (bicyclic) bond motifs is 1. The van der Waals surface area contributed by atoms with Gasteiger partial charge in [-0.2, -0.15) is 0 Å². The Bertz CT molecular complexity index is 778. The van der Waals surface area contributed by atoms with Gasteiger partial charge in [0.1, 0.15) is 0 Å². The number of hydrogen-bond donors (Lipinski definition) is 1. The van der Waals surface area contributed by atoms with Crippen molar-refractivity contribution < 1.29 is 4.79 Å². The Morgan fingerprint density at radius 1 is 1.00 bits per heavy atom. The van der Waals surface area contributed by atoms with Gasteiger partial charge in [-0.05, 0) is 85.8 Å². The summed E-state index contributed by atoms with van der Waals surface area (Å²) in [5.41, 5.74) is 8.07. The summed E-state index contributed by atoms with van der Waals surface area (Å²) in [6.45, 7) is 6.39. The second-order valence-electron chi connectivity index (χ2n) is 7.68. The highest BCUT2D eigenvalue weighted by atomic mass is 16.1. The van der Waals surface area contributed by atoms with Gasteiger partial charge in [-0.25, -0.2) is 0 Å². The van der Waals surface area contributed by atoms with Crippen molar-refractivity contribution in [3.63, 3.8) is 0 Å². The van der Waals surface area contributed by atoms with Crippen molar-refractivity contribution >= 4 is 5.91 Å². The van der Waals surface area contributed by atoms with Crippen LogP contribution in [0.1, 0.15) is 72.0 Å². The van der Waals surface area contributed by atoms with Crippen molar-refractivity contribution in [1.29, 1.82) is 0 Å². The van der Waals surface area contributed by atoms with Gasteiger partial charge in [0, 0.05) is 6.42 Å². The zero-order valence-electron chi connectivity index (χ0n) is 16.4. The van der Waals surface area contributed by atoms with Crippen LogP contribution in [0.25, 0.3) is 0 Å². The Labute approximate surface area is 158 Å². The van der Waals surface area contributed by atoms with Gasteiger partial charge >= 0.3 is 0 Å². The number of nitrogens with one attached hydrogen (secondary N) is 1. The second kappa shape index (κ2) is 8.53. The Morgan fingerprint density at radius 3 is 2.50 bits per heavy atom. The molecule has 2 heteroatoms. The first kappa shape index (κ1) is 18.7. The van der Waals surface area contributed by atoms with Crippen LogP contribution < -0.4 is 5.32 Å². The van der Waals surface area contributed by atoms with E-state index in [1.165, 1.54) is 59.1 Å². The maximum absolute atomic E-state index is 12.5. The van der Waals surface area contributed by atoms with Crippen LogP contribution in [0.3, 0.4) is 0 Å². The molecule has 0 saturated heterocycles. The van der Waals surface area contributed by atoms with Crippen LogP contribution in [-0.4, -0.2) is 5.91 Å². The van der Waals surface area contributed by atoms with E-state index in [1.54, 1.807) is 0 Å². The van der Waals surface area contributed by atoms with E-state index in [2.05, 4.69) is 62.5 Å². The molecule has 0 saturated carbocycles. The quantitative estimate of drug-likeness (QED) is 0.745. The topological polar surface area (TPSA) is 29.1 Å². The molecule has 0 aromatic heterocycles. The highest BCUT2D eigenvalue weighted by Gasteiger charge is 2.16. The lowest BCUT2D eigenvalue weighted by Crippen LogP contribution is -2.28. The lowest BCUT2D eigenvalue weighted by Gasteiger charge is -2.22. The molecule has 3 rings (SSSR count). The summed E-state index contributed by atoms with van der Waals surface area (Å²) in [5.74, 6) is 0.146. The summed E-state index contributed by atoms with van der Waals surface area (Å²) in [5, 5.41) is 3.25. The van der Waals surface area contributed by atoms with Crippen molar-refractivity contribution in [2.45, 2.75) is 71.8 Å². The molecule has 26 heavy (non-hydrogen) atoms. The van der Waals surface area contributed by atoms with Crippen LogP contribution in [0.4, 0.5) is 0 Å². The van der Waals surface area contributed by atoms with Crippen molar-refractivity contribution in [3.05, 3.63) is 69.8 Å². The Kier molecular flexibility index (Phi) is 6.13. The third-order valence-corrected chi connectivity index (χ3v) is 5.73. The van der Waals surface area contributed by atoms with E-state index in [9.17, 15) is 4.79 Å². The van der Waals surface area contributed by atoms with E-state index < -0.39 is 0 Å². The van der Waals surface area contributed by atoms with Crippen LogP contribution in [0.2, 0.25) is 0 Å². The number of hydrogen-bond acceptors (Lipinski definition) is 1. The fourth-order valence-corrected chi connectivity index (χ4v) is 3.87. The predicted octanol–water partition coefficient (Wildman–Crippen LogP) is 5.38. The molecule has 1 unspecified atom stereocenters. The zero-order chi connectivity index (χ0) is 18.5. The van der Waals surface area contributed by atoms with Gasteiger partial charge in [-0.3, -0.25) is 4.79 Å². The van der Waals surface area contributed by atoms with Crippen molar-refractivity contribution in [2.24, 2.45) is 0 Å². The van der Waals surface area contributed by atoms with Crippen molar-refractivity contribution in [3.8, 4) is 0 Å². The summed E-state index contributed by atoms with van der Waals surface area (Å²) in [4.78, 5) is 12.5. The monoisotopic (exact) mass is 349 g/mol. The molecule has 0 spiro atoms. The first-order chi connectivity index (χ1) is 12.6. The third-order valence-electron chi connectivity index (χ3n) is 5.73.